The van der Waals surface area contributed by atoms with Crippen molar-refractivity contribution in [3.63, 3.8) is 0 Å². The van der Waals surface area contributed by atoms with Crippen molar-refractivity contribution >= 4 is 21.6 Å². The van der Waals surface area contributed by atoms with E-state index < -0.39 is 10.0 Å². The average molecular weight is 315 g/mol. The van der Waals surface area contributed by atoms with Gasteiger partial charge < -0.3 is 5.32 Å². The number of hydrogen-bond donors (Lipinski definition) is 2. The summed E-state index contributed by atoms with van der Waals surface area (Å²) in [5.74, 6) is 0. The fraction of sp³-hybridized carbons (Fsp3) is 0.429. The summed E-state index contributed by atoms with van der Waals surface area (Å²) in [5.41, 5.74) is 2.00. The number of rotatable bonds is 5. The predicted octanol–water partition coefficient (Wildman–Crippen LogP) is 2.24. The van der Waals surface area contributed by atoms with Crippen LogP contribution in [0.1, 0.15) is 18.4 Å². The van der Waals surface area contributed by atoms with Crippen molar-refractivity contribution in [3.8, 4) is 0 Å². The Morgan fingerprint density at radius 3 is 2.90 bits per heavy atom. The van der Waals surface area contributed by atoms with Gasteiger partial charge in [-0.1, -0.05) is 29.3 Å². The summed E-state index contributed by atoms with van der Waals surface area (Å²) in [7, 11) is -3.49. The second-order valence-corrected chi connectivity index (χ2v) is 7.05. The monoisotopic (exact) mass is 314 g/mol. The summed E-state index contributed by atoms with van der Waals surface area (Å²) in [6, 6.07) is 4.89. The summed E-state index contributed by atoms with van der Waals surface area (Å²) in [6.07, 6.45) is 3.86. The summed E-state index contributed by atoms with van der Waals surface area (Å²) in [6.45, 7) is 4.02. The maximum absolute atomic E-state index is 12.2. The van der Waals surface area contributed by atoms with Gasteiger partial charge in [0.15, 0.2) is 0 Å². The Morgan fingerprint density at radius 1 is 1.40 bits per heavy atom. The molecule has 6 heteroatoms. The SMILES string of the molecule is Cc1ccc(Cl)cc1S(=O)(=O)NCCC1=CCNCC1. The van der Waals surface area contributed by atoms with Crippen LogP contribution < -0.4 is 10.0 Å². The molecule has 0 spiro atoms. The third kappa shape index (κ3) is 4.06. The number of benzene rings is 1. The molecule has 0 amide bonds. The Bertz CT molecular complexity index is 612. The molecule has 0 atom stereocenters. The molecule has 4 nitrogen and oxygen atoms in total. The van der Waals surface area contributed by atoms with Gasteiger partial charge >= 0.3 is 0 Å². The molecule has 20 heavy (non-hydrogen) atoms. The first-order valence-electron chi connectivity index (χ1n) is 6.63. The van der Waals surface area contributed by atoms with Crippen LogP contribution in [0.25, 0.3) is 0 Å². The third-order valence-electron chi connectivity index (χ3n) is 3.34. The van der Waals surface area contributed by atoms with Gasteiger partial charge in [0.25, 0.3) is 0 Å². The molecule has 0 unspecified atom stereocenters. The number of nitrogens with one attached hydrogen (secondary N) is 2. The van der Waals surface area contributed by atoms with Gasteiger partial charge in [0.2, 0.25) is 10.0 Å². The Morgan fingerprint density at radius 2 is 2.20 bits per heavy atom. The zero-order valence-electron chi connectivity index (χ0n) is 11.4. The van der Waals surface area contributed by atoms with Crippen LogP contribution in [0.2, 0.25) is 5.02 Å². The van der Waals surface area contributed by atoms with Crippen LogP contribution in [-0.4, -0.2) is 28.1 Å². The molecule has 1 aliphatic heterocycles. The molecule has 1 aliphatic rings. The lowest BCUT2D eigenvalue weighted by molar-refractivity contribution is 0.579. The molecule has 1 aromatic rings. The lowest BCUT2D eigenvalue weighted by Gasteiger charge is -2.14. The van der Waals surface area contributed by atoms with Gasteiger partial charge in [0, 0.05) is 18.1 Å². The Kier molecular flexibility index (Phi) is 5.21. The van der Waals surface area contributed by atoms with Crippen molar-refractivity contribution in [2.24, 2.45) is 0 Å². The number of aryl methyl sites for hydroxylation is 1. The van der Waals surface area contributed by atoms with E-state index in [1.807, 2.05) is 0 Å². The summed E-state index contributed by atoms with van der Waals surface area (Å²) in [5, 5.41) is 3.66. The topological polar surface area (TPSA) is 58.2 Å². The highest BCUT2D eigenvalue weighted by molar-refractivity contribution is 7.89. The first-order valence-corrected chi connectivity index (χ1v) is 8.49. The molecule has 1 aromatic carbocycles. The molecule has 0 aliphatic carbocycles. The van der Waals surface area contributed by atoms with Gasteiger partial charge in [-0.15, -0.1) is 0 Å². The van der Waals surface area contributed by atoms with Crippen LogP contribution >= 0.6 is 11.6 Å². The minimum atomic E-state index is -3.49. The number of sulfonamides is 1. The predicted molar refractivity (Wildman–Crippen MR) is 81.6 cm³/mol. The minimum absolute atomic E-state index is 0.254. The minimum Gasteiger partial charge on any atom is -0.313 e. The fourth-order valence-electron chi connectivity index (χ4n) is 2.18. The van der Waals surface area contributed by atoms with Crippen LogP contribution in [-0.2, 0) is 10.0 Å². The van der Waals surface area contributed by atoms with Crippen LogP contribution in [0, 0.1) is 6.92 Å². The molecule has 0 radical (unpaired) electrons. The van der Waals surface area contributed by atoms with Crippen LogP contribution in [0.3, 0.4) is 0 Å². The van der Waals surface area contributed by atoms with Crippen molar-refractivity contribution in [1.82, 2.24) is 10.0 Å². The maximum Gasteiger partial charge on any atom is 0.240 e. The zero-order chi connectivity index (χ0) is 14.6. The summed E-state index contributed by atoms with van der Waals surface area (Å²) < 4.78 is 27.1. The quantitative estimate of drug-likeness (QED) is 0.820. The average Bonchev–Trinajstić information content (AvgIpc) is 2.42. The molecule has 2 rings (SSSR count). The standard InChI is InChI=1S/C14H19ClN2O2S/c1-11-2-3-13(15)10-14(11)20(18,19)17-9-6-12-4-7-16-8-5-12/h2-4,10,16-17H,5-9H2,1H3. The molecule has 0 aromatic heterocycles. The highest BCUT2D eigenvalue weighted by atomic mass is 35.5. The van der Waals surface area contributed by atoms with E-state index in [1.165, 1.54) is 11.6 Å². The maximum atomic E-state index is 12.2. The molecule has 0 bridgehead atoms. The Labute approximate surface area is 125 Å². The van der Waals surface area contributed by atoms with E-state index in [0.29, 0.717) is 17.1 Å². The molecule has 0 fully saturated rings. The van der Waals surface area contributed by atoms with Gasteiger partial charge in [-0.2, -0.15) is 0 Å². The van der Waals surface area contributed by atoms with Crippen molar-refractivity contribution in [2.45, 2.75) is 24.7 Å². The third-order valence-corrected chi connectivity index (χ3v) is 5.17. The van der Waals surface area contributed by atoms with E-state index in [2.05, 4.69) is 16.1 Å². The largest absolute Gasteiger partial charge is 0.313 e. The summed E-state index contributed by atoms with van der Waals surface area (Å²) in [4.78, 5) is 0.254. The van der Waals surface area contributed by atoms with Gasteiger partial charge in [0.05, 0.1) is 4.90 Å². The lowest BCUT2D eigenvalue weighted by Crippen LogP contribution is -2.27. The van der Waals surface area contributed by atoms with Gasteiger partial charge in [0.1, 0.15) is 0 Å². The molecule has 110 valence electrons. The van der Waals surface area contributed by atoms with Gasteiger partial charge in [-0.05, 0) is 44.0 Å². The van der Waals surface area contributed by atoms with E-state index in [1.54, 1.807) is 19.1 Å². The first kappa shape index (κ1) is 15.5. The zero-order valence-corrected chi connectivity index (χ0v) is 13.0. The second-order valence-electron chi connectivity index (χ2n) is 4.87. The van der Waals surface area contributed by atoms with Crippen molar-refractivity contribution < 1.29 is 8.42 Å². The molecule has 2 N–H and O–H groups in total. The molecular formula is C14H19ClN2O2S. The van der Waals surface area contributed by atoms with E-state index >= 15 is 0 Å². The Hall–Kier alpha value is -0.880. The van der Waals surface area contributed by atoms with E-state index in [0.717, 1.165) is 25.9 Å². The Balaban J connectivity index is 2.00. The van der Waals surface area contributed by atoms with Gasteiger partial charge in [-0.3, -0.25) is 0 Å². The fourth-order valence-corrected chi connectivity index (χ4v) is 3.72. The number of halogens is 1. The number of hydrogen-bond acceptors (Lipinski definition) is 3. The van der Waals surface area contributed by atoms with E-state index in [-0.39, 0.29) is 4.90 Å². The highest BCUT2D eigenvalue weighted by Gasteiger charge is 2.17. The molecular weight excluding hydrogens is 296 g/mol. The second kappa shape index (κ2) is 6.72. The molecule has 0 saturated heterocycles. The van der Waals surface area contributed by atoms with Gasteiger partial charge in [-0.25, -0.2) is 13.1 Å². The van der Waals surface area contributed by atoms with E-state index in [9.17, 15) is 8.42 Å². The smallest absolute Gasteiger partial charge is 0.240 e. The van der Waals surface area contributed by atoms with E-state index in [4.69, 9.17) is 11.6 Å². The van der Waals surface area contributed by atoms with Crippen LogP contribution in [0.15, 0.2) is 34.7 Å². The van der Waals surface area contributed by atoms with Crippen molar-refractivity contribution in [2.75, 3.05) is 19.6 Å². The van der Waals surface area contributed by atoms with Crippen molar-refractivity contribution in [3.05, 3.63) is 40.4 Å². The lowest BCUT2D eigenvalue weighted by atomic mass is 10.1. The molecule has 1 heterocycles. The normalized spacial score (nSPS) is 16.0. The first-order chi connectivity index (χ1) is 9.49. The van der Waals surface area contributed by atoms with Crippen LogP contribution in [0.5, 0.6) is 0 Å². The highest BCUT2D eigenvalue weighted by Crippen LogP contribution is 2.20. The summed E-state index contributed by atoms with van der Waals surface area (Å²) >= 11 is 5.87. The molecule has 0 saturated carbocycles. The van der Waals surface area contributed by atoms with Crippen molar-refractivity contribution in [1.29, 1.82) is 0 Å². The van der Waals surface area contributed by atoms with Crippen LogP contribution in [0.4, 0.5) is 0 Å².